The molecule has 0 aromatic heterocycles. The van der Waals surface area contributed by atoms with Gasteiger partial charge in [-0.05, 0) is 12.5 Å². The van der Waals surface area contributed by atoms with E-state index in [0.29, 0.717) is 5.57 Å². The van der Waals surface area contributed by atoms with Crippen LogP contribution in [0.1, 0.15) is 13.8 Å². The lowest BCUT2D eigenvalue weighted by molar-refractivity contribution is -0.162. The van der Waals surface area contributed by atoms with Crippen LogP contribution in [0.2, 0.25) is 0 Å². The summed E-state index contributed by atoms with van der Waals surface area (Å²) in [5.41, 5.74) is 0.752. The van der Waals surface area contributed by atoms with E-state index in [4.69, 9.17) is 30.4 Å². The fourth-order valence-electron chi connectivity index (χ4n) is 4.79. The highest BCUT2D eigenvalue weighted by Gasteiger charge is 2.60. The van der Waals surface area contributed by atoms with Gasteiger partial charge in [-0.25, -0.2) is 9.59 Å². The quantitative estimate of drug-likeness (QED) is 0.0669. The van der Waals surface area contributed by atoms with E-state index in [0.717, 1.165) is 0 Å². The Morgan fingerprint density at radius 2 is 1.91 bits per heavy atom. The van der Waals surface area contributed by atoms with Crippen LogP contribution in [0, 0.1) is 23.2 Å². The highest BCUT2D eigenvalue weighted by Crippen LogP contribution is 2.48. The molecule has 4 radical (unpaired) electrons. The number of fused-ring (bicyclic) bond motifs is 1. The molecule has 0 bridgehead atoms. The summed E-state index contributed by atoms with van der Waals surface area (Å²) in [5, 5.41) is 31.0. The Morgan fingerprint density at radius 3 is 2.53 bits per heavy atom. The molecule has 3 rings (SSSR count). The Kier molecular flexibility index (Phi) is 9.08. The summed E-state index contributed by atoms with van der Waals surface area (Å²) in [6.45, 7) is 4.03. The van der Waals surface area contributed by atoms with Crippen LogP contribution < -0.4 is 15.3 Å². The van der Waals surface area contributed by atoms with Crippen LogP contribution in [0.4, 0.5) is 4.79 Å². The highest BCUT2D eigenvalue weighted by atomic mass is 31.1. The summed E-state index contributed by atoms with van der Waals surface area (Å²) in [7, 11) is 9.27. The topological polar surface area (TPSA) is 177 Å². The summed E-state index contributed by atoms with van der Waals surface area (Å²) in [6, 6.07) is -0.380. The lowest BCUT2D eigenvalue weighted by atomic mass is 9.77. The van der Waals surface area contributed by atoms with E-state index < -0.39 is 54.0 Å². The standard InChI is InChI=1S/C17H26B2N6O7P2/c1-6-8(3-24-4-9(10(27)5-24)14(20)21-17(30)32-34-23-19)13(16(29)31-33-22-18)25-12(6)11(7(2)26)15(25)28/h6-7,9-12,22-23,26-27,33-34H,3-5H2,1-2H3,(H2,20,21,30)/t6-,7+,9+,10+,11?,12+/m0/s1. The molecular formula is C17H26B2N6O7P2. The molecular weight excluding hydrogens is 484 g/mol. The van der Waals surface area contributed by atoms with Crippen molar-refractivity contribution in [2.24, 2.45) is 17.8 Å². The first kappa shape index (κ1) is 27.0. The number of hydrogen-bond acceptors (Lipinski definition) is 11. The molecule has 13 nitrogen and oxygen atoms in total. The maximum Gasteiger partial charge on any atom is 0.416 e. The molecule has 0 aromatic rings. The Hall–Kier alpha value is -1.59. The van der Waals surface area contributed by atoms with Gasteiger partial charge in [-0.3, -0.25) is 20.4 Å². The monoisotopic (exact) mass is 510 g/mol. The second-order valence-electron chi connectivity index (χ2n) is 8.31. The zero-order valence-electron chi connectivity index (χ0n) is 18.6. The van der Waals surface area contributed by atoms with Crippen LogP contribution in [0.15, 0.2) is 11.3 Å². The molecule has 0 saturated carbocycles. The largest absolute Gasteiger partial charge is 0.428 e. The van der Waals surface area contributed by atoms with Crippen LogP contribution in [-0.2, 0) is 18.6 Å². The first-order valence-corrected chi connectivity index (χ1v) is 12.3. The van der Waals surface area contributed by atoms with E-state index in [1.165, 1.54) is 11.8 Å². The van der Waals surface area contributed by atoms with Crippen LogP contribution in [0.25, 0.3) is 0 Å². The van der Waals surface area contributed by atoms with Gasteiger partial charge in [0.05, 0.1) is 30.1 Å². The molecule has 17 heteroatoms. The minimum atomic E-state index is -0.942. The number of aliphatic hydroxyl groups excluding tert-OH is 2. The SMILES string of the molecule is [B]NPOC(=O)NC(=N)[C@@H]1CN(CC2=C(C(=O)OPN[B])N3C(=O)C([C@@H](C)O)[C@H]3[C@H]2C)C[C@H]1O. The van der Waals surface area contributed by atoms with Crippen molar-refractivity contribution >= 4 is 57.7 Å². The lowest BCUT2D eigenvalue weighted by Gasteiger charge is -2.46. The van der Waals surface area contributed by atoms with Gasteiger partial charge in [0.15, 0.2) is 16.0 Å². The van der Waals surface area contributed by atoms with E-state index in [1.54, 1.807) is 0 Å². The zero-order chi connectivity index (χ0) is 25.2. The number of nitrogens with one attached hydrogen (secondary N) is 4. The van der Waals surface area contributed by atoms with Crippen LogP contribution in [0.3, 0.4) is 0 Å². The second-order valence-corrected chi connectivity index (χ2v) is 9.70. The number of rotatable bonds is 9. The minimum absolute atomic E-state index is 0.118. The van der Waals surface area contributed by atoms with Gasteiger partial charge >= 0.3 is 12.1 Å². The maximum absolute atomic E-state index is 12.8. The average molecular weight is 510 g/mol. The van der Waals surface area contributed by atoms with E-state index in [9.17, 15) is 24.6 Å². The molecule has 2 saturated heterocycles. The molecule has 3 unspecified atom stereocenters. The number of amides is 2. The van der Waals surface area contributed by atoms with Gasteiger partial charge in [-0.15, -0.1) is 0 Å². The average Bonchev–Trinajstić information content (AvgIpc) is 3.26. The molecule has 2 fully saturated rings. The maximum atomic E-state index is 12.8. The Bertz CT molecular complexity index is 881. The van der Waals surface area contributed by atoms with Gasteiger partial charge in [-0.1, -0.05) is 6.92 Å². The number of aliphatic hydroxyl groups is 2. The van der Waals surface area contributed by atoms with Crippen molar-refractivity contribution in [1.29, 1.82) is 5.41 Å². The molecule has 0 aliphatic carbocycles. The van der Waals surface area contributed by atoms with Crippen molar-refractivity contribution in [1.82, 2.24) is 25.1 Å². The molecule has 3 heterocycles. The number of likely N-dealkylation sites (tertiary alicyclic amines) is 1. The minimum Gasteiger partial charge on any atom is -0.428 e. The van der Waals surface area contributed by atoms with Gasteiger partial charge in [0, 0.05) is 25.6 Å². The van der Waals surface area contributed by atoms with E-state index >= 15 is 0 Å². The predicted molar refractivity (Wildman–Crippen MR) is 126 cm³/mol. The van der Waals surface area contributed by atoms with Crippen molar-refractivity contribution in [3.8, 4) is 0 Å². The van der Waals surface area contributed by atoms with Gasteiger partial charge in [0.1, 0.15) is 29.4 Å². The van der Waals surface area contributed by atoms with E-state index in [2.05, 4.69) is 15.3 Å². The van der Waals surface area contributed by atoms with Crippen LogP contribution in [0.5, 0.6) is 0 Å². The van der Waals surface area contributed by atoms with Crippen LogP contribution >= 0.6 is 17.9 Å². The number of hydrogen-bond donors (Lipinski definition) is 6. The number of β-amino-alcohol motifs (C(OH)–C–C–N with tert-alkyl or cyclic N) is 1. The fourth-order valence-corrected chi connectivity index (χ4v) is 5.24. The van der Waals surface area contributed by atoms with Gasteiger partial charge in [0.25, 0.3) is 0 Å². The number of nitrogens with zero attached hydrogens (tertiary/aromatic N) is 2. The molecule has 2 amide bonds. The highest BCUT2D eigenvalue weighted by molar-refractivity contribution is 7.32. The normalized spacial score (nSPS) is 30.2. The summed E-state index contributed by atoms with van der Waals surface area (Å²) in [4.78, 5) is 44.8. The van der Waals surface area contributed by atoms with Gasteiger partial charge < -0.3 is 34.2 Å². The number of β-lactam (4-membered cyclic amide) rings is 1. The lowest BCUT2D eigenvalue weighted by Crippen LogP contribution is -2.63. The first-order chi connectivity index (χ1) is 16.1. The predicted octanol–water partition coefficient (Wildman–Crippen LogP) is -2.00. The molecule has 3 aliphatic rings. The third kappa shape index (κ3) is 5.31. The van der Waals surface area contributed by atoms with Crippen LogP contribution in [-0.4, -0.2) is 97.7 Å². The Morgan fingerprint density at radius 1 is 1.26 bits per heavy atom. The Balaban J connectivity index is 1.75. The summed E-state index contributed by atoms with van der Waals surface area (Å²) < 4.78 is 9.86. The first-order valence-electron chi connectivity index (χ1n) is 10.5. The zero-order valence-corrected chi connectivity index (χ0v) is 20.6. The van der Waals surface area contributed by atoms with Crippen molar-refractivity contribution in [3.05, 3.63) is 11.3 Å². The molecule has 3 aliphatic heterocycles. The molecule has 34 heavy (non-hydrogen) atoms. The van der Waals surface area contributed by atoms with E-state index in [-0.39, 0.29) is 49.0 Å². The molecule has 0 spiro atoms. The van der Waals surface area contributed by atoms with Crippen molar-refractivity contribution in [2.75, 3.05) is 19.6 Å². The Labute approximate surface area is 202 Å². The van der Waals surface area contributed by atoms with Crippen molar-refractivity contribution < 1.29 is 33.6 Å². The van der Waals surface area contributed by atoms with Gasteiger partial charge in [-0.2, -0.15) is 0 Å². The summed E-state index contributed by atoms with van der Waals surface area (Å²) in [5.74, 6) is -2.84. The molecule has 0 aromatic carbocycles. The third-order valence-corrected chi connectivity index (χ3v) is 7.09. The molecule has 182 valence electrons. The fraction of sp³-hybridized carbons (Fsp3) is 0.647. The summed E-state index contributed by atoms with van der Waals surface area (Å²) >= 11 is 0. The van der Waals surface area contributed by atoms with Crippen molar-refractivity contribution in [2.45, 2.75) is 32.1 Å². The number of carbonyl (C=O) groups is 3. The summed E-state index contributed by atoms with van der Waals surface area (Å²) in [6.07, 6.45) is -2.69. The van der Waals surface area contributed by atoms with Gasteiger partial charge in [0.2, 0.25) is 5.91 Å². The third-order valence-electron chi connectivity index (χ3n) is 6.28. The van der Waals surface area contributed by atoms with E-state index in [1.807, 2.05) is 11.8 Å². The molecule has 8 atom stereocenters. The number of amidine groups is 1. The smallest absolute Gasteiger partial charge is 0.416 e. The second kappa shape index (κ2) is 11.4. The van der Waals surface area contributed by atoms with Crippen molar-refractivity contribution in [3.63, 3.8) is 0 Å². The molecule has 6 N–H and O–H groups in total. The number of carbonyl (C=O) groups excluding carboxylic acids is 3.